The Morgan fingerprint density at radius 2 is 2.31 bits per heavy atom. The summed E-state index contributed by atoms with van der Waals surface area (Å²) in [5, 5.41) is 6.65. The second-order valence-corrected chi connectivity index (χ2v) is 6.50. The second kappa shape index (κ2) is 5.68. The van der Waals surface area contributed by atoms with Crippen molar-refractivity contribution in [3.05, 3.63) is 20.8 Å². The second-order valence-electron chi connectivity index (χ2n) is 3.96. The minimum absolute atomic E-state index is 0.834. The zero-order chi connectivity index (χ0) is 11.4. The summed E-state index contributed by atoms with van der Waals surface area (Å²) in [5.74, 6) is 1.77. The Balaban J connectivity index is 1.73. The van der Waals surface area contributed by atoms with E-state index in [1.807, 2.05) is 7.05 Å². The smallest absolute Gasteiger partial charge is 0.191 e. The molecule has 0 atom stereocenters. The molecule has 1 aromatic rings. The maximum Gasteiger partial charge on any atom is 0.191 e. The average Bonchev–Trinajstić information content (AvgIpc) is 3.02. The Hall–Kier alpha value is -0.550. The van der Waals surface area contributed by atoms with Crippen LogP contribution in [0.25, 0.3) is 0 Å². The molecule has 0 aliphatic heterocycles. The van der Waals surface area contributed by atoms with Crippen LogP contribution >= 0.6 is 27.3 Å². The van der Waals surface area contributed by atoms with Crippen LogP contribution in [0, 0.1) is 5.92 Å². The van der Waals surface area contributed by atoms with E-state index in [-0.39, 0.29) is 0 Å². The van der Waals surface area contributed by atoms with Gasteiger partial charge in [0.1, 0.15) is 0 Å². The fourth-order valence-corrected chi connectivity index (χ4v) is 2.82. The van der Waals surface area contributed by atoms with Crippen LogP contribution in [0.4, 0.5) is 0 Å². The molecule has 1 aliphatic rings. The molecule has 1 heterocycles. The molecule has 0 bridgehead atoms. The first-order valence-corrected chi connectivity index (χ1v) is 7.07. The summed E-state index contributed by atoms with van der Waals surface area (Å²) < 4.78 is 1.17. The van der Waals surface area contributed by atoms with E-state index in [4.69, 9.17) is 0 Å². The summed E-state index contributed by atoms with van der Waals surface area (Å²) in [6, 6.07) is 4.19. The van der Waals surface area contributed by atoms with Gasteiger partial charge in [-0.25, -0.2) is 0 Å². The molecule has 0 spiro atoms. The van der Waals surface area contributed by atoms with E-state index < -0.39 is 0 Å². The third kappa shape index (κ3) is 3.79. The summed E-state index contributed by atoms with van der Waals surface area (Å²) >= 11 is 5.21. The highest BCUT2D eigenvalue weighted by atomic mass is 79.9. The van der Waals surface area contributed by atoms with Crippen molar-refractivity contribution in [2.75, 3.05) is 13.6 Å². The van der Waals surface area contributed by atoms with Crippen molar-refractivity contribution in [2.45, 2.75) is 19.4 Å². The van der Waals surface area contributed by atoms with E-state index in [9.17, 15) is 0 Å². The van der Waals surface area contributed by atoms with Crippen LogP contribution in [0.5, 0.6) is 0 Å². The third-order valence-corrected chi connectivity index (χ3v) is 4.16. The number of hydrogen-bond donors (Lipinski definition) is 2. The minimum atomic E-state index is 0.834. The van der Waals surface area contributed by atoms with E-state index in [1.54, 1.807) is 11.3 Å². The summed E-state index contributed by atoms with van der Waals surface area (Å²) in [5.41, 5.74) is 0. The SMILES string of the molecule is CN=C(NCc1ccc(Br)s1)NCC1CC1. The zero-order valence-electron chi connectivity index (χ0n) is 9.29. The van der Waals surface area contributed by atoms with Crippen molar-refractivity contribution >= 4 is 33.2 Å². The van der Waals surface area contributed by atoms with Crippen molar-refractivity contribution in [2.24, 2.45) is 10.9 Å². The standard InChI is InChI=1S/C11H16BrN3S/c1-13-11(14-6-8-2-3-8)15-7-9-4-5-10(12)16-9/h4-5,8H,2-3,6-7H2,1H3,(H2,13,14,15). The Kier molecular flexibility index (Phi) is 4.23. The maximum absolute atomic E-state index is 4.20. The van der Waals surface area contributed by atoms with E-state index >= 15 is 0 Å². The van der Waals surface area contributed by atoms with Gasteiger partial charge in [-0.15, -0.1) is 11.3 Å². The van der Waals surface area contributed by atoms with Gasteiger partial charge in [-0.05, 0) is 46.8 Å². The molecule has 0 saturated heterocycles. The van der Waals surface area contributed by atoms with Crippen molar-refractivity contribution in [3.63, 3.8) is 0 Å². The van der Waals surface area contributed by atoms with Crippen LogP contribution in [0.15, 0.2) is 20.9 Å². The topological polar surface area (TPSA) is 36.4 Å². The molecule has 1 aromatic heterocycles. The molecular formula is C11H16BrN3S. The molecule has 0 aromatic carbocycles. The first-order valence-electron chi connectivity index (χ1n) is 5.46. The van der Waals surface area contributed by atoms with Crippen molar-refractivity contribution in [3.8, 4) is 0 Å². The molecule has 2 N–H and O–H groups in total. The normalized spacial score (nSPS) is 16.2. The Labute approximate surface area is 108 Å². The largest absolute Gasteiger partial charge is 0.356 e. The molecular weight excluding hydrogens is 286 g/mol. The number of nitrogens with zero attached hydrogens (tertiary/aromatic N) is 1. The van der Waals surface area contributed by atoms with Crippen molar-refractivity contribution < 1.29 is 0 Å². The average molecular weight is 302 g/mol. The molecule has 1 saturated carbocycles. The van der Waals surface area contributed by atoms with Gasteiger partial charge in [0, 0.05) is 18.5 Å². The van der Waals surface area contributed by atoms with Crippen LogP contribution in [0.1, 0.15) is 17.7 Å². The molecule has 0 radical (unpaired) electrons. The van der Waals surface area contributed by atoms with Gasteiger partial charge in [-0.1, -0.05) is 0 Å². The molecule has 0 amide bonds. The highest BCUT2D eigenvalue weighted by Crippen LogP contribution is 2.27. The lowest BCUT2D eigenvalue weighted by molar-refractivity contribution is 0.739. The number of hydrogen-bond acceptors (Lipinski definition) is 2. The van der Waals surface area contributed by atoms with Crippen molar-refractivity contribution in [1.29, 1.82) is 0 Å². The van der Waals surface area contributed by atoms with Gasteiger partial charge < -0.3 is 10.6 Å². The maximum atomic E-state index is 4.20. The van der Waals surface area contributed by atoms with Gasteiger partial charge in [0.05, 0.1) is 10.3 Å². The zero-order valence-corrected chi connectivity index (χ0v) is 11.7. The molecule has 3 nitrogen and oxygen atoms in total. The quantitative estimate of drug-likeness (QED) is 0.662. The summed E-state index contributed by atoms with van der Waals surface area (Å²) in [4.78, 5) is 5.50. The molecule has 1 fully saturated rings. The van der Waals surface area contributed by atoms with E-state index in [2.05, 4.69) is 43.7 Å². The summed E-state index contributed by atoms with van der Waals surface area (Å²) in [6.07, 6.45) is 2.73. The number of nitrogens with one attached hydrogen (secondary N) is 2. The minimum Gasteiger partial charge on any atom is -0.356 e. The molecule has 88 valence electrons. The highest BCUT2D eigenvalue weighted by Gasteiger charge is 2.20. The van der Waals surface area contributed by atoms with Crippen molar-refractivity contribution in [1.82, 2.24) is 10.6 Å². The lowest BCUT2D eigenvalue weighted by Gasteiger charge is -2.10. The Morgan fingerprint density at radius 3 is 2.88 bits per heavy atom. The fourth-order valence-electron chi connectivity index (χ4n) is 1.40. The lowest BCUT2D eigenvalue weighted by atomic mass is 10.4. The van der Waals surface area contributed by atoms with Crippen LogP contribution in [-0.4, -0.2) is 19.6 Å². The first kappa shape index (κ1) is 11.9. The van der Waals surface area contributed by atoms with Gasteiger partial charge in [0.2, 0.25) is 0 Å². The van der Waals surface area contributed by atoms with Gasteiger partial charge in [-0.3, -0.25) is 4.99 Å². The number of rotatable bonds is 4. The molecule has 0 unspecified atom stereocenters. The highest BCUT2D eigenvalue weighted by molar-refractivity contribution is 9.11. The van der Waals surface area contributed by atoms with Crippen LogP contribution < -0.4 is 10.6 Å². The molecule has 5 heteroatoms. The van der Waals surface area contributed by atoms with Crippen LogP contribution in [-0.2, 0) is 6.54 Å². The summed E-state index contributed by atoms with van der Waals surface area (Å²) in [7, 11) is 1.81. The number of halogens is 1. The molecule has 16 heavy (non-hydrogen) atoms. The van der Waals surface area contributed by atoms with Crippen LogP contribution in [0.3, 0.4) is 0 Å². The fraction of sp³-hybridized carbons (Fsp3) is 0.545. The predicted octanol–water partition coefficient (Wildman–Crippen LogP) is 2.59. The Morgan fingerprint density at radius 1 is 1.50 bits per heavy atom. The lowest BCUT2D eigenvalue weighted by Crippen LogP contribution is -2.37. The molecule has 1 aliphatic carbocycles. The number of aliphatic imine (C=N–C) groups is 1. The van der Waals surface area contributed by atoms with Gasteiger partial charge in [0.25, 0.3) is 0 Å². The predicted molar refractivity (Wildman–Crippen MR) is 72.9 cm³/mol. The third-order valence-electron chi connectivity index (χ3n) is 2.54. The number of thiophene rings is 1. The van der Waals surface area contributed by atoms with E-state index in [0.29, 0.717) is 0 Å². The monoisotopic (exact) mass is 301 g/mol. The summed E-state index contributed by atoms with van der Waals surface area (Å²) in [6.45, 7) is 1.88. The Bertz CT molecular complexity index is 371. The van der Waals surface area contributed by atoms with Gasteiger partial charge in [0.15, 0.2) is 5.96 Å². The van der Waals surface area contributed by atoms with E-state index in [0.717, 1.165) is 25.0 Å². The number of guanidine groups is 1. The van der Waals surface area contributed by atoms with Crippen LogP contribution in [0.2, 0.25) is 0 Å². The van der Waals surface area contributed by atoms with Gasteiger partial charge in [-0.2, -0.15) is 0 Å². The molecule has 2 rings (SSSR count). The van der Waals surface area contributed by atoms with Gasteiger partial charge >= 0.3 is 0 Å². The van der Waals surface area contributed by atoms with E-state index in [1.165, 1.54) is 21.5 Å². The first-order chi connectivity index (χ1) is 7.78.